The van der Waals surface area contributed by atoms with Crippen molar-refractivity contribution in [2.24, 2.45) is 4.99 Å². The summed E-state index contributed by atoms with van der Waals surface area (Å²) in [5.41, 5.74) is 0.934. The van der Waals surface area contributed by atoms with Gasteiger partial charge in [-0.3, -0.25) is 4.99 Å². The van der Waals surface area contributed by atoms with E-state index in [0.717, 1.165) is 5.56 Å². The summed E-state index contributed by atoms with van der Waals surface area (Å²) in [7, 11) is 3.29. The number of nitrogens with one attached hydrogen (secondary N) is 2. The largest absolute Gasteiger partial charge is 0.489 e. The maximum atomic E-state index is 12.9. The van der Waals surface area contributed by atoms with Gasteiger partial charge in [0.05, 0.1) is 13.7 Å². The van der Waals surface area contributed by atoms with E-state index in [-0.39, 0.29) is 35.9 Å². The molecule has 2 N–H and O–H groups in total. The lowest BCUT2D eigenvalue weighted by atomic mass is 10.2. The Hall–Kier alpha value is -2.10. The van der Waals surface area contributed by atoms with Crippen LogP contribution in [0.2, 0.25) is 0 Å². The molecule has 0 fully saturated rings. The molecule has 142 valence electrons. The summed E-state index contributed by atoms with van der Waals surface area (Å²) in [4.78, 5) is 8.34. The number of aliphatic imine (C=N–C) groups is 1. The van der Waals surface area contributed by atoms with Crippen LogP contribution >= 0.6 is 24.0 Å². The number of rotatable bonds is 7. The molecule has 0 saturated carbocycles. The Balaban J connectivity index is 0.00000338. The van der Waals surface area contributed by atoms with E-state index in [1.807, 2.05) is 19.1 Å². The Morgan fingerprint density at radius 2 is 1.96 bits per heavy atom. The summed E-state index contributed by atoms with van der Waals surface area (Å²) >= 11 is 0. The van der Waals surface area contributed by atoms with Crippen LogP contribution in [0.25, 0.3) is 0 Å². The van der Waals surface area contributed by atoms with Gasteiger partial charge in [-0.25, -0.2) is 9.37 Å². The van der Waals surface area contributed by atoms with Gasteiger partial charge in [0.25, 0.3) is 0 Å². The van der Waals surface area contributed by atoms with Crippen molar-refractivity contribution in [2.75, 3.05) is 20.7 Å². The van der Waals surface area contributed by atoms with E-state index in [9.17, 15) is 4.39 Å². The van der Waals surface area contributed by atoms with Crippen molar-refractivity contribution < 1.29 is 13.9 Å². The molecule has 2 rings (SSSR count). The molecule has 0 radical (unpaired) electrons. The van der Waals surface area contributed by atoms with Gasteiger partial charge < -0.3 is 20.1 Å². The number of aromatic nitrogens is 1. The lowest BCUT2D eigenvalue weighted by molar-refractivity contribution is 0.223. The highest BCUT2D eigenvalue weighted by Gasteiger charge is 2.08. The summed E-state index contributed by atoms with van der Waals surface area (Å²) < 4.78 is 23.8. The third-order valence-corrected chi connectivity index (χ3v) is 3.42. The average Bonchev–Trinajstić information content (AvgIpc) is 2.64. The number of benzene rings is 1. The number of pyridine rings is 1. The number of ether oxygens (including phenoxy) is 2. The fourth-order valence-electron chi connectivity index (χ4n) is 2.17. The first-order valence-corrected chi connectivity index (χ1v) is 7.97. The van der Waals surface area contributed by atoms with Crippen LogP contribution in [0.1, 0.15) is 12.5 Å². The maximum Gasteiger partial charge on any atom is 0.218 e. The van der Waals surface area contributed by atoms with E-state index in [1.54, 1.807) is 32.5 Å². The van der Waals surface area contributed by atoms with Crippen molar-refractivity contribution in [3.05, 3.63) is 54.0 Å². The van der Waals surface area contributed by atoms with Crippen molar-refractivity contribution in [3.63, 3.8) is 0 Å². The van der Waals surface area contributed by atoms with Gasteiger partial charge in [0.2, 0.25) is 5.88 Å². The van der Waals surface area contributed by atoms with Crippen LogP contribution in [0.15, 0.2) is 47.6 Å². The van der Waals surface area contributed by atoms with Crippen molar-refractivity contribution in [1.29, 1.82) is 0 Å². The van der Waals surface area contributed by atoms with Crippen molar-refractivity contribution in [3.8, 4) is 11.6 Å². The first kappa shape index (κ1) is 21.9. The maximum absolute atomic E-state index is 12.9. The molecule has 1 heterocycles. The van der Waals surface area contributed by atoms with Crippen LogP contribution in [0.3, 0.4) is 0 Å². The van der Waals surface area contributed by atoms with E-state index in [4.69, 9.17) is 9.47 Å². The predicted molar refractivity (Wildman–Crippen MR) is 111 cm³/mol. The monoisotopic (exact) mass is 474 g/mol. The van der Waals surface area contributed by atoms with Gasteiger partial charge in [0.15, 0.2) is 5.96 Å². The van der Waals surface area contributed by atoms with Crippen LogP contribution in [0, 0.1) is 5.82 Å². The third-order valence-electron chi connectivity index (χ3n) is 3.42. The summed E-state index contributed by atoms with van der Waals surface area (Å²) in [6, 6.07) is 9.75. The van der Waals surface area contributed by atoms with E-state index in [0.29, 0.717) is 30.7 Å². The lowest BCUT2D eigenvalue weighted by Gasteiger charge is -2.18. The van der Waals surface area contributed by atoms with Gasteiger partial charge in [0, 0.05) is 25.4 Å². The third kappa shape index (κ3) is 7.03. The first-order chi connectivity index (χ1) is 12.1. The number of hydrogen-bond acceptors (Lipinski definition) is 4. The second-order valence-corrected chi connectivity index (χ2v) is 5.36. The molecule has 0 aliphatic carbocycles. The van der Waals surface area contributed by atoms with E-state index in [2.05, 4.69) is 20.6 Å². The Kier molecular flexibility index (Phi) is 9.71. The van der Waals surface area contributed by atoms with E-state index >= 15 is 0 Å². The fraction of sp³-hybridized carbons (Fsp3) is 0.333. The Bertz CT molecular complexity index is 698. The van der Waals surface area contributed by atoms with Gasteiger partial charge in [-0.05, 0) is 37.3 Å². The van der Waals surface area contributed by atoms with Crippen LogP contribution in [-0.4, -0.2) is 37.7 Å². The smallest absolute Gasteiger partial charge is 0.218 e. The Morgan fingerprint density at radius 3 is 2.62 bits per heavy atom. The second-order valence-electron chi connectivity index (χ2n) is 5.36. The molecule has 0 aliphatic heterocycles. The molecule has 2 aromatic rings. The molecule has 1 aromatic carbocycles. The zero-order valence-corrected chi connectivity index (χ0v) is 17.4. The quantitative estimate of drug-likeness (QED) is 0.367. The predicted octanol–water partition coefficient (Wildman–Crippen LogP) is 2.98. The number of halogens is 2. The van der Waals surface area contributed by atoms with Gasteiger partial charge in [-0.15, -0.1) is 24.0 Å². The van der Waals surface area contributed by atoms with Gasteiger partial charge >= 0.3 is 0 Å². The Morgan fingerprint density at radius 1 is 1.23 bits per heavy atom. The van der Waals surface area contributed by atoms with Crippen molar-refractivity contribution >= 4 is 29.9 Å². The molecule has 1 unspecified atom stereocenters. The van der Waals surface area contributed by atoms with Crippen LogP contribution in [0.5, 0.6) is 11.6 Å². The minimum absolute atomic E-state index is 0. The Labute approximate surface area is 170 Å². The average molecular weight is 474 g/mol. The highest BCUT2D eigenvalue weighted by Crippen LogP contribution is 2.13. The summed E-state index contributed by atoms with van der Waals surface area (Å²) in [5.74, 6) is 1.56. The van der Waals surface area contributed by atoms with Crippen molar-refractivity contribution in [2.45, 2.75) is 19.6 Å². The SMILES string of the molecule is CN=C(NCc1cccnc1OC)NCC(C)Oc1ccc(F)cc1.I. The standard InChI is InChI=1S/C18H23FN4O2.HI/c1-13(25-16-8-6-15(19)7-9-16)11-22-18(20-2)23-12-14-5-4-10-21-17(14)24-3;/h4-10,13H,11-12H2,1-3H3,(H2,20,22,23);1H. The highest BCUT2D eigenvalue weighted by molar-refractivity contribution is 14.0. The van der Waals surface area contributed by atoms with Gasteiger partial charge in [-0.1, -0.05) is 6.07 Å². The molecular weight excluding hydrogens is 450 g/mol. The molecule has 0 spiro atoms. The minimum atomic E-state index is -0.284. The molecule has 1 aromatic heterocycles. The molecule has 0 aliphatic rings. The zero-order chi connectivity index (χ0) is 18.1. The molecule has 0 bridgehead atoms. The molecule has 0 amide bonds. The number of methoxy groups -OCH3 is 1. The van der Waals surface area contributed by atoms with Gasteiger partial charge in [0.1, 0.15) is 17.7 Å². The molecular formula is C18H24FIN4O2. The molecule has 8 heteroatoms. The summed E-state index contributed by atoms with van der Waals surface area (Å²) in [6.07, 6.45) is 1.57. The van der Waals surface area contributed by atoms with E-state index < -0.39 is 0 Å². The minimum Gasteiger partial charge on any atom is -0.489 e. The van der Waals surface area contributed by atoms with Gasteiger partial charge in [-0.2, -0.15) is 0 Å². The number of hydrogen-bond donors (Lipinski definition) is 2. The van der Waals surface area contributed by atoms with Crippen molar-refractivity contribution in [1.82, 2.24) is 15.6 Å². The highest BCUT2D eigenvalue weighted by atomic mass is 127. The number of nitrogens with zero attached hydrogens (tertiary/aromatic N) is 2. The molecule has 6 nitrogen and oxygen atoms in total. The summed E-state index contributed by atoms with van der Waals surface area (Å²) in [5, 5.41) is 6.39. The van der Waals surface area contributed by atoms with Crippen LogP contribution in [0.4, 0.5) is 4.39 Å². The van der Waals surface area contributed by atoms with E-state index in [1.165, 1.54) is 12.1 Å². The first-order valence-electron chi connectivity index (χ1n) is 7.97. The molecule has 26 heavy (non-hydrogen) atoms. The normalized spacial score (nSPS) is 11.9. The summed E-state index contributed by atoms with van der Waals surface area (Å²) in [6.45, 7) is 3.00. The lowest BCUT2D eigenvalue weighted by Crippen LogP contribution is -2.41. The topological polar surface area (TPSA) is 67.8 Å². The molecule has 1 atom stereocenters. The molecule has 0 saturated heterocycles. The van der Waals surface area contributed by atoms with Crippen LogP contribution < -0.4 is 20.1 Å². The number of guanidine groups is 1. The second kappa shape index (κ2) is 11.5. The van der Waals surface area contributed by atoms with Crippen LogP contribution in [-0.2, 0) is 6.54 Å². The zero-order valence-electron chi connectivity index (χ0n) is 15.0. The fourth-order valence-corrected chi connectivity index (χ4v) is 2.17.